The molecule has 1 saturated heterocycles. The van der Waals surface area contributed by atoms with Gasteiger partial charge in [0.2, 0.25) is 5.91 Å². The summed E-state index contributed by atoms with van der Waals surface area (Å²) in [6, 6.07) is 0.0731. The molecular formula is C14H26N2O. The first-order chi connectivity index (χ1) is 8.06. The number of carbonyl (C=O) groups is 1. The van der Waals surface area contributed by atoms with Gasteiger partial charge in [-0.3, -0.25) is 10.1 Å². The standard InChI is InChI=1S/C14H26N2O/c1-4-14(6-5-7-14)9-16-10-15-12(13(16)17)8-11(2)3/h11-12,15H,4-10H2,1-3H3. The molecule has 1 atom stereocenters. The van der Waals surface area contributed by atoms with E-state index in [1.54, 1.807) is 0 Å². The predicted molar refractivity (Wildman–Crippen MR) is 69.5 cm³/mol. The van der Waals surface area contributed by atoms with Crippen molar-refractivity contribution in [2.24, 2.45) is 11.3 Å². The van der Waals surface area contributed by atoms with Crippen LogP contribution in [0.4, 0.5) is 0 Å². The average molecular weight is 238 g/mol. The van der Waals surface area contributed by atoms with E-state index in [4.69, 9.17) is 0 Å². The molecule has 0 aromatic carbocycles. The zero-order valence-corrected chi connectivity index (χ0v) is 11.5. The zero-order chi connectivity index (χ0) is 12.5. The highest BCUT2D eigenvalue weighted by Crippen LogP contribution is 2.44. The van der Waals surface area contributed by atoms with Gasteiger partial charge in [-0.25, -0.2) is 0 Å². The number of nitrogens with one attached hydrogen (secondary N) is 1. The Morgan fingerprint density at radius 1 is 1.47 bits per heavy atom. The molecule has 1 saturated carbocycles. The van der Waals surface area contributed by atoms with E-state index >= 15 is 0 Å². The lowest BCUT2D eigenvalue weighted by atomic mass is 9.67. The van der Waals surface area contributed by atoms with Gasteiger partial charge in [0, 0.05) is 6.54 Å². The third-order valence-corrected chi connectivity index (χ3v) is 4.54. The first kappa shape index (κ1) is 12.9. The van der Waals surface area contributed by atoms with Gasteiger partial charge >= 0.3 is 0 Å². The molecule has 1 amide bonds. The molecule has 1 N–H and O–H groups in total. The monoisotopic (exact) mass is 238 g/mol. The van der Waals surface area contributed by atoms with Crippen molar-refractivity contribution in [1.82, 2.24) is 10.2 Å². The van der Waals surface area contributed by atoms with Crippen LogP contribution < -0.4 is 5.32 Å². The summed E-state index contributed by atoms with van der Waals surface area (Å²) in [4.78, 5) is 14.3. The number of nitrogens with zero attached hydrogens (tertiary/aromatic N) is 1. The molecule has 3 nitrogen and oxygen atoms in total. The Bertz CT molecular complexity index is 278. The summed E-state index contributed by atoms with van der Waals surface area (Å²) >= 11 is 0. The minimum absolute atomic E-state index is 0.0731. The van der Waals surface area contributed by atoms with Crippen LogP contribution in [0.25, 0.3) is 0 Å². The van der Waals surface area contributed by atoms with Crippen molar-refractivity contribution in [2.45, 2.75) is 58.9 Å². The van der Waals surface area contributed by atoms with Gasteiger partial charge in [-0.15, -0.1) is 0 Å². The van der Waals surface area contributed by atoms with Crippen molar-refractivity contribution in [3.8, 4) is 0 Å². The largest absolute Gasteiger partial charge is 0.328 e. The molecule has 0 radical (unpaired) electrons. The summed E-state index contributed by atoms with van der Waals surface area (Å²) in [6.07, 6.45) is 6.14. The van der Waals surface area contributed by atoms with Crippen molar-refractivity contribution in [1.29, 1.82) is 0 Å². The molecule has 0 spiro atoms. The minimum atomic E-state index is 0.0731. The van der Waals surface area contributed by atoms with Crippen molar-refractivity contribution in [3.05, 3.63) is 0 Å². The topological polar surface area (TPSA) is 32.3 Å². The second-order valence-electron chi connectivity index (χ2n) is 6.29. The molecular weight excluding hydrogens is 212 g/mol. The molecule has 2 fully saturated rings. The predicted octanol–water partition coefficient (Wildman–Crippen LogP) is 2.37. The quantitative estimate of drug-likeness (QED) is 0.797. The maximum absolute atomic E-state index is 12.2. The van der Waals surface area contributed by atoms with E-state index < -0.39 is 0 Å². The second-order valence-corrected chi connectivity index (χ2v) is 6.29. The Labute approximate surface area is 105 Å². The van der Waals surface area contributed by atoms with Crippen LogP contribution in [-0.2, 0) is 4.79 Å². The summed E-state index contributed by atoms with van der Waals surface area (Å²) in [5.74, 6) is 0.915. The molecule has 3 heteroatoms. The van der Waals surface area contributed by atoms with Gasteiger partial charge in [-0.1, -0.05) is 27.2 Å². The lowest BCUT2D eigenvalue weighted by molar-refractivity contribution is -0.131. The van der Waals surface area contributed by atoms with Crippen LogP contribution in [0.5, 0.6) is 0 Å². The molecule has 0 bridgehead atoms. The van der Waals surface area contributed by atoms with Gasteiger partial charge in [0.25, 0.3) is 0 Å². The van der Waals surface area contributed by atoms with E-state index in [1.165, 1.54) is 25.7 Å². The van der Waals surface area contributed by atoms with Crippen molar-refractivity contribution < 1.29 is 4.79 Å². The first-order valence-corrected chi connectivity index (χ1v) is 7.08. The van der Waals surface area contributed by atoms with Gasteiger partial charge in [0.05, 0.1) is 12.7 Å². The molecule has 1 heterocycles. The summed E-state index contributed by atoms with van der Waals surface area (Å²) in [5, 5.41) is 3.36. The number of hydrogen-bond acceptors (Lipinski definition) is 2. The Balaban J connectivity index is 1.89. The van der Waals surface area contributed by atoms with Crippen LogP contribution in [0, 0.1) is 11.3 Å². The Kier molecular flexibility index (Phi) is 3.76. The molecule has 0 aromatic heterocycles. The third-order valence-electron chi connectivity index (χ3n) is 4.54. The Morgan fingerprint density at radius 3 is 2.65 bits per heavy atom. The number of carbonyl (C=O) groups excluding carboxylic acids is 1. The molecule has 2 aliphatic rings. The van der Waals surface area contributed by atoms with Gasteiger partial charge in [0.1, 0.15) is 0 Å². The van der Waals surface area contributed by atoms with E-state index in [9.17, 15) is 4.79 Å². The maximum atomic E-state index is 12.2. The first-order valence-electron chi connectivity index (χ1n) is 7.08. The fourth-order valence-corrected chi connectivity index (χ4v) is 3.10. The summed E-state index contributed by atoms with van der Waals surface area (Å²) in [5.41, 5.74) is 0.448. The minimum Gasteiger partial charge on any atom is -0.328 e. The van der Waals surface area contributed by atoms with Gasteiger partial charge in [0.15, 0.2) is 0 Å². The van der Waals surface area contributed by atoms with Gasteiger partial charge < -0.3 is 4.90 Å². The molecule has 98 valence electrons. The number of amides is 1. The van der Waals surface area contributed by atoms with E-state index in [0.29, 0.717) is 17.2 Å². The SMILES string of the molecule is CCC1(CN2CNC(CC(C)C)C2=O)CCC1. The van der Waals surface area contributed by atoms with Crippen LogP contribution in [0.3, 0.4) is 0 Å². The summed E-state index contributed by atoms with van der Waals surface area (Å²) < 4.78 is 0. The lowest BCUT2D eigenvalue weighted by Gasteiger charge is -2.43. The van der Waals surface area contributed by atoms with Crippen LogP contribution in [0.15, 0.2) is 0 Å². The highest BCUT2D eigenvalue weighted by Gasteiger charge is 2.41. The highest BCUT2D eigenvalue weighted by molar-refractivity contribution is 5.83. The van der Waals surface area contributed by atoms with Crippen molar-refractivity contribution >= 4 is 5.91 Å². The number of hydrogen-bond donors (Lipinski definition) is 1. The normalized spacial score (nSPS) is 27.6. The van der Waals surface area contributed by atoms with Crippen LogP contribution >= 0.6 is 0 Å². The molecule has 2 rings (SSSR count). The molecule has 1 aliphatic heterocycles. The van der Waals surface area contributed by atoms with Crippen LogP contribution in [-0.4, -0.2) is 30.1 Å². The van der Waals surface area contributed by atoms with Crippen molar-refractivity contribution in [2.75, 3.05) is 13.2 Å². The van der Waals surface area contributed by atoms with E-state index in [-0.39, 0.29) is 6.04 Å². The molecule has 1 unspecified atom stereocenters. The smallest absolute Gasteiger partial charge is 0.240 e. The number of rotatable bonds is 5. The van der Waals surface area contributed by atoms with E-state index in [1.807, 2.05) is 0 Å². The molecule has 17 heavy (non-hydrogen) atoms. The van der Waals surface area contributed by atoms with Gasteiger partial charge in [-0.2, -0.15) is 0 Å². The zero-order valence-electron chi connectivity index (χ0n) is 11.5. The average Bonchev–Trinajstić information content (AvgIpc) is 2.54. The summed E-state index contributed by atoms with van der Waals surface area (Å²) in [7, 11) is 0. The van der Waals surface area contributed by atoms with Crippen LogP contribution in [0.1, 0.15) is 52.9 Å². The second kappa shape index (κ2) is 4.97. The highest BCUT2D eigenvalue weighted by atomic mass is 16.2. The van der Waals surface area contributed by atoms with Gasteiger partial charge in [-0.05, 0) is 37.0 Å². The molecule has 0 aromatic rings. The molecule has 1 aliphatic carbocycles. The third kappa shape index (κ3) is 2.65. The van der Waals surface area contributed by atoms with E-state index in [0.717, 1.165) is 19.6 Å². The van der Waals surface area contributed by atoms with E-state index in [2.05, 4.69) is 31.0 Å². The Hall–Kier alpha value is -0.570. The van der Waals surface area contributed by atoms with Crippen LogP contribution in [0.2, 0.25) is 0 Å². The fraction of sp³-hybridized carbons (Fsp3) is 0.929. The Morgan fingerprint density at radius 2 is 2.18 bits per heavy atom. The summed E-state index contributed by atoms with van der Waals surface area (Å²) in [6.45, 7) is 8.36. The van der Waals surface area contributed by atoms with Crippen molar-refractivity contribution in [3.63, 3.8) is 0 Å². The maximum Gasteiger partial charge on any atom is 0.240 e. The lowest BCUT2D eigenvalue weighted by Crippen LogP contribution is -2.43. The fourth-order valence-electron chi connectivity index (χ4n) is 3.10.